The summed E-state index contributed by atoms with van der Waals surface area (Å²) in [6, 6.07) is 12.0. The van der Waals surface area contributed by atoms with Crippen molar-refractivity contribution in [3.8, 4) is 0 Å². The van der Waals surface area contributed by atoms with Gasteiger partial charge in [0.05, 0.1) is 24.9 Å². The molecule has 1 aromatic carbocycles. The molecule has 0 saturated carbocycles. The number of nitrogens with zero attached hydrogens (tertiary/aromatic N) is 4. The van der Waals surface area contributed by atoms with Gasteiger partial charge in [-0.05, 0) is 58.4 Å². The van der Waals surface area contributed by atoms with Gasteiger partial charge < -0.3 is 14.6 Å². The third-order valence-electron chi connectivity index (χ3n) is 4.14. The van der Waals surface area contributed by atoms with Crippen LogP contribution in [0, 0.1) is 0 Å². The van der Waals surface area contributed by atoms with Crippen molar-refractivity contribution in [2.24, 2.45) is 0 Å². The molecule has 0 fully saturated rings. The highest BCUT2D eigenvalue weighted by Crippen LogP contribution is 2.20. The molecule has 0 aliphatic rings. The molecule has 0 spiro atoms. The summed E-state index contributed by atoms with van der Waals surface area (Å²) in [7, 11) is 6.23. The quantitative estimate of drug-likeness (QED) is 0.596. The molecule has 3 rings (SSSR count). The summed E-state index contributed by atoms with van der Waals surface area (Å²) in [6.45, 7) is 3.34. The second-order valence-corrected chi connectivity index (χ2v) is 6.84. The fraction of sp³-hybridized carbons (Fsp3) is 0.400. The molecule has 138 valence electrons. The lowest BCUT2D eigenvalue weighted by Crippen LogP contribution is -2.20. The zero-order valence-electron chi connectivity index (χ0n) is 15.8. The van der Waals surface area contributed by atoms with E-state index in [0.29, 0.717) is 6.54 Å². The van der Waals surface area contributed by atoms with Gasteiger partial charge in [-0.25, -0.2) is 9.97 Å². The van der Waals surface area contributed by atoms with Gasteiger partial charge in [0.15, 0.2) is 0 Å². The Kier molecular flexibility index (Phi) is 6.20. The molecule has 0 radical (unpaired) electrons. The Hall–Kier alpha value is -2.44. The summed E-state index contributed by atoms with van der Waals surface area (Å²) in [4.78, 5) is 13.8. The summed E-state index contributed by atoms with van der Waals surface area (Å²) >= 11 is 0. The molecule has 0 saturated heterocycles. The summed E-state index contributed by atoms with van der Waals surface area (Å²) in [5.41, 5.74) is 0.971. The highest BCUT2D eigenvalue weighted by atomic mass is 16.3. The van der Waals surface area contributed by atoms with E-state index in [0.717, 1.165) is 54.4 Å². The van der Waals surface area contributed by atoms with Gasteiger partial charge in [-0.15, -0.1) is 0 Å². The first kappa shape index (κ1) is 18.4. The van der Waals surface area contributed by atoms with E-state index in [1.54, 1.807) is 6.26 Å². The Morgan fingerprint density at radius 2 is 1.85 bits per heavy atom. The maximum absolute atomic E-state index is 5.42. The van der Waals surface area contributed by atoms with Gasteiger partial charge in [0.1, 0.15) is 17.4 Å². The summed E-state index contributed by atoms with van der Waals surface area (Å²) < 4.78 is 5.42. The minimum absolute atomic E-state index is 0.665. The molecule has 26 heavy (non-hydrogen) atoms. The van der Waals surface area contributed by atoms with E-state index in [2.05, 4.69) is 35.3 Å². The van der Waals surface area contributed by atoms with Crippen molar-refractivity contribution in [3.63, 3.8) is 0 Å². The van der Waals surface area contributed by atoms with Gasteiger partial charge >= 0.3 is 0 Å². The fourth-order valence-electron chi connectivity index (χ4n) is 2.90. The zero-order valence-corrected chi connectivity index (χ0v) is 15.8. The van der Waals surface area contributed by atoms with Crippen LogP contribution in [0.25, 0.3) is 10.9 Å². The number of aromatic nitrogens is 2. The van der Waals surface area contributed by atoms with Crippen LogP contribution in [-0.4, -0.2) is 54.0 Å². The largest absolute Gasteiger partial charge is 0.468 e. The van der Waals surface area contributed by atoms with Gasteiger partial charge in [-0.2, -0.15) is 0 Å². The van der Waals surface area contributed by atoms with E-state index < -0.39 is 0 Å². The number of hydrogen-bond donors (Lipinski definition) is 1. The highest BCUT2D eigenvalue weighted by Gasteiger charge is 2.10. The number of benzene rings is 1. The predicted molar refractivity (Wildman–Crippen MR) is 105 cm³/mol. The van der Waals surface area contributed by atoms with E-state index in [4.69, 9.17) is 14.4 Å². The van der Waals surface area contributed by atoms with E-state index in [9.17, 15) is 0 Å². The van der Waals surface area contributed by atoms with Gasteiger partial charge in [-0.3, -0.25) is 4.90 Å². The van der Waals surface area contributed by atoms with Gasteiger partial charge in [0.25, 0.3) is 0 Å². The molecule has 0 amide bonds. The van der Waals surface area contributed by atoms with Gasteiger partial charge in [-0.1, -0.05) is 12.1 Å². The Balaban J connectivity index is 1.73. The average Bonchev–Trinajstić information content (AvgIpc) is 3.11. The first-order chi connectivity index (χ1) is 12.6. The third-order valence-corrected chi connectivity index (χ3v) is 4.14. The fourth-order valence-corrected chi connectivity index (χ4v) is 2.90. The molecule has 1 N–H and O–H groups in total. The van der Waals surface area contributed by atoms with Crippen LogP contribution in [0.2, 0.25) is 0 Å². The Morgan fingerprint density at radius 3 is 2.62 bits per heavy atom. The molecule has 0 aliphatic carbocycles. The Morgan fingerprint density at radius 1 is 1.00 bits per heavy atom. The summed E-state index contributed by atoms with van der Waals surface area (Å²) in [5.74, 6) is 2.67. The van der Waals surface area contributed by atoms with Crippen LogP contribution in [0.3, 0.4) is 0 Å². The van der Waals surface area contributed by atoms with Crippen molar-refractivity contribution in [2.75, 3.05) is 39.5 Å². The van der Waals surface area contributed by atoms with Crippen molar-refractivity contribution in [3.05, 3.63) is 54.2 Å². The SMILES string of the molecule is CN(C)CCCNc1nc(CN(C)Cc2ccco2)nc2ccccc12. The zero-order chi connectivity index (χ0) is 18.4. The van der Waals surface area contributed by atoms with Crippen molar-refractivity contribution in [2.45, 2.75) is 19.5 Å². The average molecular weight is 353 g/mol. The molecule has 0 unspecified atom stereocenters. The molecule has 2 heterocycles. The Labute approximate surface area is 154 Å². The predicted octanol–water partition coefficient (Wildman–Crippen LogP) is 3.22. The van der Waals surface area contributed by atoms with Crippen LogP contribution in [-0.2, 0) is 13.1 Å². The van der Waals surface area contributed by atoms with Crippen LogP contribution < -0.4 is 5.32 Å². The molecular formula is C20H27N5O. The van der Waals surface area contributed by atoms with Gasteiger partial charge in [0.2, 0.25) is 0 Å². The molecule has 0 atom stereocenters. The minimum Gasteiger partial charge on any atom is -0.468 e. The number of rotatable bonds is 9. The smallest absolute Gasteiger partial charge is 0.145 e. The van der Waals surface area contributed by atoms with Crippen LogP contribution in [0.1, 0.15) is 18.0 Å². The van der Waals surface area contributed by atoms with Crippen LogP contribution in [0.15, 0.2) is 47.1 Å². The Bertz CT molecular complexity index is 816. The van der Waals surface area contributed by atoms with Crippen molar-refractivity contribution in [1.82, 2.24) is 19.8 Å². The number of fused-ring (bicyclic) bond motifs is 1. The lowest BCUT2D eigenvalue weighted by molar-refractivity contribution is 0.282. The topological polar surface area (TPSA) is 57.4 Å². The maximum atomic E-state index is 5.42. The van der Waals surface area contributed by atoms with Crippen molar-refractivity contribution >= 4 is 16.7 Å². The van der Waals surface area contributed by atoms with Crippen LogP contribution in [0.4, 0.5) is 5.82 Å². The lowest BCUT2D eigenvalue weighted by Gasteiger charge is -2.16. The highest BCUT2D eigenvalue weighted by molar-refractivity contribution is 5.88. The van der Waals surface area contributed by atoms with Crippen LogP contribution >= 0.6 is 0 Å². The second-order valence-electron chi connectivity index (χ2n) is 6.84. The summed E-state index contributed by atoms with van der Waals surface area (Å²) in [6.07, 6.45) is 2.77. The normalized spacial score (nSPS) is 11.6. The third kappa shape index (κ3) is 5.03. The molecule has 6 nitrogen and oxygen atoms in total. The lowest BCUT2D eigenvalue weighted by atomic mass is 10.2. The standard InChI is InChI=1S/C20H27N5O/c1-24(2)12-7-11-21-20-17-9-4-5-10-18(17)22-19(23-20)15-25(3)14-16-8-6-13-26-16/h4-6,8-10,13H,7,11-12,14-15H2,1-3H3,(H,21,22,23). The monoisotopic (exact) mass is 353 g/mol. The molecule has 3 aromatic rings. The number of para-hydroxylation sites is 1. The first-order valence-electron chi connectivity index (χ1n) is 8.97. The molecule has 2 aromatic heterocycles. The first-order valence-corrected chi connectivity index (χ1v) is 8.97. The molecular weight excluding hydrogens is 326 g/mol. The van der Waals surface area contributed by atoms with E-state index in [1.807, 2.05) is 37.4 Å². The van der Waals surface area contributed by atoms with Gasteiger partial charge in [0, 0.05) is 11.9 Å². The maximum Gasteiger partial charge on any atom is 0.145 e. The number of furan rings is 1. The number of anilines is 1. The molecule has 0 bridgehead atoms. The summed E-state index contributed by atoms with van der Waals surface area (Å²) in [5, 5.41) is 4.55. The molecule has 6 heteroatoms. The molecule has 0 aliphatic heterocycles. The number of nitrogens with one attached hydrogen (secondary N) is 1. The number of hydrogen-bond acceptors (Lipinski definition) is 6. The van der Waals surface area contributed by atoms with E-state index in [1.165, 1.54) is 0 Å². The minimum atomic E-state index is 0.665. The van der Waals surface area contributed by atoms with E-state index in [-0.39, 0.29) is 0 Å². The van der Waals surface area contributed by atoms with E-state index >= 15 is 0 Å². The van der Waals surface area contributed by atoms with Crippen LogP contribution in [0.5, 0.6) is 0 Å². The van der Waals surface area contributed by atoms with Crippen molar-refractivity contribution < 1.29 is 4.42 Å². The van der Waals surface area contributed by atoms with Crippen molar-refractivity contribution in [1.29, 1.82) is 0 Å². The second kappa shape index (κ2) is 8.78.